The van der Waals surface area contributed by atoms with Gasteiger partial charge in [-0.2, -0.15) is 0 Å². The number of benzene rings is 3. The molecular formula is C26H26. The molecule has 0 nitrogen and oxygen atoms in total. The van der Waals surface area contributed by atoms with Crippen molar-refractivity contribution in [2.24, 2.45) is 5.41 Å². The van der Waals surface area contributed by atoms with Crippen LogP contribution in [0.15, 0.2) is 78.4 Å². The first-order chi connectivity index (χ1) is 12.7. The molecule has 2 atom stereocenters. The molecule has 5 rings (SSSR count). The summed E-state index contributed by atoms with van der Waals surface area (Å²) in [5.41, 5.74) is 6.55. The highest BCUT2D eigenvalue weighted by Crippen LogP contribution is 2.58. The largest absolute Gasteiger partial charge is 0.0841 e. The van der Waals surface area contributed by atoms with E-state index in [1.54, 1.807) is 16.7 Å². The van der Waals surface area contributed by atoms with E-state index < -0.39 is 0 Å². The van der Waals surface area contributed by atoms with Crippen LogP contribution in [-0.2, 0) is 6.42 Å². The predicted octanol–water partition coefficient (Wildman–Crippen LogP) is 7.01. The van der Waals surface area contributed by atoms with E-state index >= 15 is 0 Å². The van der Waals surface area contributed by atoms with E-state index in [4.69, 9.17) is 0 Å². The van der Waals surface area contributed by atoms with Gasteiger partial charge in [0.25, 0.3) is 0 Å². The molecule has 0 bridgehead atoms. The molecule has 2 unspecified atom stereocenters. The topological polar surface area (TPSA) is 0 Å². The Morgan fingerprint density at radius 3 is 2.42 bits per heavy atom. The zero-order chi connectivity index (χ0) is 17.7. The fourth-order valence-electron chi connectivity index (χ4n) is 5.64. The zero-order valence-corrected chi connectivity index (χ0v) is 15.7. The van der Waals surface area contributed by atoms with E-state index in [-0.39, 0.29) is 5.41 Å². The quantitative estimate of drug-likeness (QED) is 0.419. The van der Waals surface area contributed by atoms with Crippen molar-refractivity contribution in [3.63, 3.8) is 0 Å². The molecule has 0 spiro atoms. The Labute approximate surface area is 156 Å². The molecule has 0 aromatic heterocycles. The second kappa shape index (κ2) is 5.84. The molecule has 2 aliphatic rings. The second-order valence-corrected chi connectivity index (χ2v) is 8.59. The van der Waals surface area contributed by atoms with Crippen molar-refractivity contribution < 1.29 is 0 Å². The Balaban J connectivity index is 1.68. The maximum atomic E-state index is 2.56. The van der Waals surface area contributed by atoms with E-state index in [1.807, 2.05) is 0 Å². The molecule has 0 fully saturated rings. The first-order valence-electron chi connectivity index (χ1n) is 9.90. The van der Waals surface area contributed by atoms with Gasteiger partial charge in [0.15, 0.2) is 0 Å². The van der Waals surface area contributed by atoms with Gasteiger partial charge in [-0.15, -0.1) is 0 Å². The Morgan fingerprint density at radius 1 is 0.808 bits per heavy atom. The number of hydrogen-bond acceptors (Lipinski definition) is 0. The highest BCUT2D eigenvalue weighted by molar-refractivity contribution is 5.87. The van der Waals surface area contributed by atoms with Crippen molar-refractivity contribution in [3.05, 3.63) is 95.1 Å². The first-order valence-corrected chi connectivity index (χ1v) is 9.90. The molecule has 3 aromatic rings. The van der Waals surface area contributed by atoms with Gasteiger partial charge in [-0.1, -0.05) is 92.2 Å². The molecule has 0 radical (unpaired) electrons. The minimum Gasteiger partial charge on any atom is -0.0841 e. The van der Waals surface area contributed by atoms with Gasteiger partial charge < -0.3 is 0 Å². The smallest absolute Gasteiger partial charge is 0.0108 e. The lowest BCUT2D eigenvalue weighted by molar-refractivity contribution is 0.223. The SMILES string of the molecule is CC1(C)C(c2ccccc2)CC=C2CCc3c(ccc4ccccc34)C21. The van der Waals surface area contributed by atoms with Gasteiger partial charge in [-0.05, 0) is 58.1 Å². The minimum atomic E-state index is 0.225. The van der Waals surface area contributed by atoms with Crippen LogP contribution < -0.4 is 0 Å². The summed E-state index contributed by atoms with van der Waals surface area (Å²) in [6, 6.07) is 24.8. The molecule has 0 heteroatoms. The molecule has 0 saturated heterocycles. The highest BCUT2D eigenvalue weighted by Gasteiger charge is 2.45. The van der Waals surface area contributed by atoms with Gasteiger partial charge in [-0.25, -0.2) is 0 Å². The molecule has 0 N–H and O–H groups in total. The third-order valence-corrected chi connectivity index (χ3v) is 6.88. The summed E-state index contributed by atoms with van der Waals surface area (Å²) in [5, 5.41) is 2.84. The average Bonchev–Trinajstić information content (AvgIpc) is 2.67. The minimum absolute atomic E-state index is 0.225. The van der Waals surface area contributed by atoms with E-state index in [9.17, 15) is 0 Å². The van der Waals surface area contributed by atoms with Crippen LogP contribution in [0, 0.1) is 5.41 Å². The summed E-state index contributed by atoms with van der Waals surface area (Å²) in [4.78, 5) is 0. The Kier molecular flexibility index (Phi) is 3.57. The van der Waals surface area contributed by atoms with E-state index in [1.165, 1.54) is 35.6 Å². The molecular weight excluding hydrogens is 312 g/mol. The summed E-state index contributed by atoms with van der Waals surface area (Å²) < 4.78 is 0. The number of aryl methyl sites for hydroxylation is 1. The van der Waals surface area contributed by atoms with Crippen LogP contribution in [0.1, 0.15) is 55.2 Å². The standard InChI is InChI=1S/C26H26/c1-26(2)24(19-9-4-3-5-10-19)17-14-20-13-15-22-21-11-7-6-8-18(21)12-16-23(22)25(20)26/h3-12,14,16,24-25H,13,15,17H2,1-2H3. The Morgan fingerprint density at radius 2 is 1.58 bits per heavy atom. The first kappa shape index (κ1) is 15.9. The number of hydrogen-bond donors (Lipinski definition) is 0. The van der Waals surface area contributed by atoms with E-state index in [0.29, 0.717) is 11.8 Å². The van der Waals surface area contributed by atoms with Crippen molar-refractivity contribution >= 4 is 10.8 Å². The molecule has 130 valence electrons. The van der Waals surface area contributed by atoms with Crippen LogP contribution in [0.3, 0.4) is 0 Å². The Hall–Kier alpha value is -2.34. The van der Waals surface area contributed by atoms with Crippen LogP contribution in [-0.4, -0.2) is 0 Å². The van der Waals surface area contributed by atoms with Crippen molar-refractivity contribution in [2.75, 3.05) is 0 Å². The molecule has 26 heavy (non-hydrogen) atoms. The third kappa shape index (κ3) is 2.28. The number of fused-ring (bicyclic) bond motifs is 5. The molecule has 0 aliphatic heterocycles. The average molecular weight is 338 g/mol. The maximum Gasteiger partial charge on any atom is 0.0108 e. The van der Waals surface area contributed by atoms with Gasteiger partial charge in [0.2, 0.25) is 0 Å². The third-order valence-electron chi connectivity index (χ3n) is 6.88. The van der Waals surface area contributed by atoms with Crippen molar-refractivity contribution in [2.45, 2.75) is 44.9 Å². The molecule has 0 amide bonds. The molecule has 3 aromatic carbocycles. The van der Waals surface area contributed by atoms with Crippen molar-refractivity contribution in [1.82, 2.24) is 0 Å². The number of allylic oxidation sites excluding steroid dienone is 2. The van der Waals surface area contributed by atoms with E-state index in [0.717, 1.165) is 0 Å². The summed E-state index contributed by atoms with van der Waals surface area (Å²) in [5.74, 6) is 1.12. The van der Waals surface area contributed by atoms with Crippen molar-refractivity contribution in [1.29, 1.82) is 0 Å². The van der Waals surface area contributed by atoms with Crippen LogP contribution in [0.5, 0.6) is 0 Å². The fourth-order valence-corrected chi connectivity index (χ4v) is 5.64. The lowest BCUT2D eigenvalue weighted by atomic mass is 9.55. The molecule has 2 aliphatic carbocycles. The monoisotopic (exact) mass is 338 g/mol. The summed E-state index contributed by atoms with van der Waals surface area (Å²) in [6.07, 6.45) is 6.14. The molecule has 0 saturated carbocycles. The molecule has 0 heterocycles. The van der Waals surface area contributed by atoms with Crippen LogP contribution >= 0.6 is 0 Å². The van der Waals surface area contributed by atoms with Gasteiger partial charge in [-0.3, -0.25) is 0 Å². The predicted molar refractivity (Wildman–Crippen MR) is 111 cm³/mol. The maximum absolute atomic E-state index is 2.56. The number of rotatable bonds is 1. The van der Waals surface area contributed by atoms with Crippen LogP contribution in [0.4, 0.5) is 0 Å². The lowest BCUT2D eigenvalue weighted by Crippen LogP contribution is -2.36. The van der Waals surface area contributed by atoms with Crippen LogP contribution in [0.2, 0.25) is 0 Å². The van der Waals surface area contributed by atoms with Gasteiger partial charge >= 0.3 is 0 Å². The normalized spacial score (nSPS) is 23.8. The highest BCUT2D eigenvalue weighted by atomic mass is 14.5. The fraction of sp³-hybridized carbons (Fsp3) is 0.308. The second-order valence-electron chi connectivity index (χ2n) is 8.59. The van der Waals surface area contributed by atoms with Crippen LogP contribution in [0.25, 0.3) is 10.8 Å². The Bertz CT molecular complexity index is 991. The lowest BCUT2D eigenvalue weighted by Gasteiger charge is -2.48. The van der Waals surface area contributed by atoms with Crippen molar-refractivity contribution in [3.8, 4) is 0 Å². The summed E-state index contributed by atoms with van der Waals surface area (Å²) in [7, 11) is 0. The summed E-state index contributed by atoms with van der Waals surface area (Å²) in [6.45, 7) is 4.99. The summed E-state index contributed by atoms with van der Waals surface area (Å²) >= 11 is 0. The zero-order valence-electron chi connectivity index (χ0n) is 15.7. The van der Waals surface area contributed by atoms with E-state index in [2.05, 4.69) is 86.7 Å². The van der Waals surface area contributed by atoms with Gasteiger partial charge in [0.1, 0.15) is 0 Å². The van der Waals surface area contributed by atoms with Gasteiger partial charge in [0.05, 0.1) is 0 Å². The van der Waals surface area contributed by atoms with Gasteiger partial charge in [0, 0.05) is 5.92 Å².